The minimum absolute atomic E-state index is 0.137. The molecule has 1 saturated carbocycles. The van der Waals surface area contributed by atoms with Gasteiger partial charge in [-0.3, -0.25) is 0 Å². The largest absolute Gasteiger partial charge is 0.324 e. The Morgan fingerprint density at radius 1 is 1.31 bits per heavy atom. The average molecular weight is 184 g/mol. The first-order valence-electron chi connectivity index (χ1n) is 5.44. The highest BCUT2D eigenvalue weighted by atomic mass is 15.2. The van der Waals surface area contributed by atoms with Crippen LogP contribution in [0.25, 0.3) is 0 Å². The molecule has 1 fully saturated rings. The molecular weight excluding hydrogens is 160 g/mol. The first-order chi connectivity index (χ1) is 5.94. The molecule has 0 amide bonds. The zero-order chi connectivity index (χ0) is 10.1. The fourth-order valence-electron chi connectivity index (χ4n) is 1.94. The van der Waals surface area contributed by atoms with E-state index < -0.39 is 0 Å². The molecule has 0 bridgehead atoms. The van der Waals surface area contributed by atoms with Gasteiger partial charge in [-0.25, -0.2) is 0 Å². The third-order valence-corrected chi connectivity index (χ3v) is 3.57. The number of nitrogens with two attached hydrogens (primary N) is 1. The van der Waals surface area contributed by atoms with Crippen LogP contribution in [0.5, 0.6) is 0 Å². The summed E-state index contributed by atoms with van der Waals surface area (Å²) in [6.45, 7) is 7.88. The Morgan fingerprint density at radius 2 is 1.85 bits per heavy atom. The lowest BCUT2D eigenvalue weighted by atomic mass is 9.77. The lowest BCUT2D eigenvalue weighted by Crippen LogP contribution is -2.56. The van der Waals surface area contributed by atoms with Gasteiger partial charge < -0.3 is 10.6 Å². The third-order valence-electron chi connectivity index (χ3n) is 3.57. The van der Waals surface area contributed by atoms with E-state index in [4.69, 9.17) is 5.73 Å². The van der Waals surface area contributed by atoms with Gasteiger partial charge in [-0.1, -0.05) is 13.8 Å². The molecule has 2 heteroatoms. The van der Waals surface area contributed by atoms with E-state index in [1.807, 2.05) is 0 Å². The van der Waals surface area contributed by atoms with E-state index in [1.165, 1.54) is 19.3 Å². The van der Waals surface area contributed by atoms with Crippen molar-refractivity contribution in [3.63, 3.8) is 0 Å². The summed E-state index contributed by atoms with van der Waals surface area (Å²) in [6, 6.07) is 0.640. The average Bonchev–Trinajstić information content (AvgIpc) is 1.99. The Labute approximate surface area is 82.5 Å². The smallest absolute Gasteiger partial charge is 0.0283 e. The molecular formula is C11H24N2. The molecule has 1 aliphatic carbocycles. The number of likely N-dealkylation sites (N-methyl/N-ethyl adjacent to an activating group) is 1. The van der Waals surface area contributed by atoms with Crippen molar-refractivity contribution in [1.82, 2.24) is 4.90 Å². The van der Waals surface area contributed by atoms with E-state index in [0.717, 1.165) is 6.54 Å². The zero-order valence-corrected chi connectivity index (χ0v) is 9.51. The first kappa shape index (κ1) is 11.0. The number of rotatable bonds is 4. The van der Waals surface area contributed by atoms with Gasteiger partial charge in [-0.05, 0) is 39.2 Å². The van der Waals surface area contributed by atoms with Crippen molar-refractivity contribution < 1.29 is 0 Å². The van der Waals surface area contributed by atoms with Crippen molar-refractivity contribution in [2.45, 2.75) is 51.6 Å². The summed E-state index contributed by atoms with van der Waals surface area (Å²) in [5.41, 5.74) is 6.34. The van der Waals surface area contributed by atoms with Gasteiger partial charge in [0.2, 0.25) is 0 Å². The highest BCUT2D eigenvalue weighted by molar-refractivity contribution is 4.95. The number of hydrogen-bond donors (Lipinski definition) is 1. The Bertz CT molecular complexity index is 161. The predicted molar refractivity (Wildman–Crippen MR) is 57.7 cm³/mol. The topological polar surface area (TPSA) is 29.3 Å². The fourth-order valence-corrected chi connectivity index (χ4v) is 1.94. The summed E-state index contributed by atoms with van der Waals surface area (Å²) in [7, 11) is 2.19. The minimum atomic E-state index is 0.137. The molecule has 0 spiro atoms. The Hall–Kier alpha value is -0.0800. The summed E-state index contributed by atoms with van der Waals surface area (Å²) < 4.78 is 0. The summed E-state index contributed by atoms with van der Waals surface area (Å²) in [4.78, 5) is 2.41. The molecule has 13 heavy (non-hydrogen) atoms. The van der Waals surface area contributed by atoms with E-state index in [0.29, 0.717) is 12.0 Å². The lowest BCUT2D eigenvalue weighted by molar-refractivity contribution is 0.119. The highest BCUT2D eigenvalue weighted by Gasteiger charge is 2.34. The van der Waals surface area contributed by atoms with Gasteiger partial charge >= 0.3 is 0 Å². The van der Waals surface area contributed by atoms with Crippen LogP contribution in [-0.2, 0) is 0 Å². The maximum atomic E-state index is 6.20. The van der Waals surface area contributed by atoms with Crippen molar-refractivity contribution in [2.24, 2.45) is 11.7 Å². The van der Waals surface area contributed by atoms with Crippen LogP contribution in [0.15, 0.2) is 0 Å². The second kappa shape index (κ2) is 3.97. The fraction of sp³-hybridized carbons (Fsp3) is 1.00. The Balaban J connectivity index is 2.35. The van der Waals surface area contributed by atoms with Gasteiger partial charge in [-0.15, -0.1) is 0 Å². The first-order valence-corrected chi connectivity index (χ1v) is 5.44. The van der Waals surface area contributed by atoms with Crippen LogP contribution in [0.2, 0.25) is 0 Å². The molecule has 1 atom stereocenters. The van der Waals surface area contributed by atoms with Gasteiger partial charge in [0.1, 0.15) is 0 Å². The van der Waals surface area contributed by atoms with Gasteiger partial charge in [-0.2, -0.15) is 0 Å². The maximum Gasteiger partial charge on any atom is 0.0283 e. The summed E-state index contributed by atoms with van der Waals surface area (Å²) in [5.74, 6) is 0.716. The minimum Gasteiger partial charge on any atom is -0.324 e. The van der Waals surface area contributed by atoms with Crippen LogP contribution in [0.3, 0.4) is 0 Å². The van der Waals surface area contributed by atoms with Crippen LogP contribution in [0.1, 0.15) is 40.0 Å². The predicted octanol–water partition coefficient (Wildman–Crippen LogP) is 1.84. The normalized spacial score (nSPS) is 23.3. The highest BCUT2D eigenvalue weighted by Crippen LogP contribution is 2.30. The molecule has 1 aliphatic rings. The molecule has 0 aromatic heterocycles. The van der Waals surface area contributed by atoms with Crippen molar-refractivity contribution in [3.05, 3.63) is 0 Å². The lowest BCUT2D eigenvalue weighted by Gasteiger charge is -2.43. The maximum absolute atomic E-state index is 6.20. The van der Waals surface area contributed by atoms with Crippen molar-refractivity contribution in [1.29, 1.82) is 0 Å². The Morgan fingerprint density at radius 3 is 2.15 bits per heavy atom. The molecule has 0 aromatic rings. The van der Waals surface area contributed by atoms with Crippen LogP contribution in [-0.4, -0.2) is 30.1 Å². The van der Waals surface area contributed by atoms with Gasteiger partial charge in [0.05, 0.1) is 0 Å². The molecule has 2 nitrogen and oxygen atoms in total. The molecule has 0 radical (unpaired) electrons. The van der Waals surface area contributed by atoms with E-state index in [9.17, 15) is 0 Å². The van der Waals surface area contributed by atoms with Crippen LogP contribution < -0.4 is 5.73 Å². The van der Waals surface area contributed by atoms with Crippen LogP contribution in [0.4, 0.5) is 0 Å². The van der Waals surface area contributed by atoms with E-state index >= 15 is 0 Å². The van der Waals surface area contributed by atoms with Crippen molar-refractivity contribution in [2.75, 3.05) is 13.6 Å². The molecule has 2 N–H and O–H groups in total. The third kappa shape index (κ3) is 2.68. The molecule has 0 aliphatic heterocycles. The molecule has 0 aromatic carbocycles. The number of hydrogen-bond acceptors (Lipinski definition) is 2. The monoisotopic (exact) mass is 184 g/mol. The summed E-state index contributed by atoms with van der Waals surface area (Å²) in [6.07, 6.45) is 3.74. The standard InChI is InChI=1S/C11H24N2/c1-9(2)10(3)13(4)8-11(12)6-5-7-11/h9-10H,5-8,12H2,1-4H3. The second-order valence-corrected chi connectivity index (χ2v) is 5.12. The number of nitrogens with zero attached hydrogens (tertiary/aromatic N) is 1. The van der Waals surface area contributed by atoms with Crippen LogP contribution in [0, 0.1) is 5.92 Å². The quantitative estimate of drug-likeness (QED) is 0.722. The molecule has 0 saturated heterocycles. The van der Waals surface area contributed by atoms with Crippen molar-refractivity contribution >= 4 is 0 Å². The molecule has 1 unspecified atom stereocenters. The molecule has 0 heterocycles. The zero-order valence-electron chi connectivity index (χ0n) is 9.51. The van der Waals surface area contributed by atoms with E-state index in [1.54, 1.807) is 0 Å². The summed E-state index contributed by atoms with van der Waals surface area (Å²) in [5, 5.41) is 0. The van der Waals surface area contributed by atoms with Gasteiger partial charge in [0.15, 0.2) is 0 Å². The van der Waals surface area contributed by atoms with Gasteiger partial charge in [0.25, 0.3) is 0 Å². The second-order valence-electron chi connectivity index (χ2n) is 5.12. The van der Waals surface area contributed by atoms with Gasteiger partial charge in [0, 0.05) is 18.1 Å². The van der Waals surface area contributed by atoms with Crippen LogP contribution >= 0.6 is 0 Å². The van der Waals surface area contributed by atoms with Crippen molar-refractivity contribution in [3.8, 4) is 0 Å². The SMILES string of the molecule is CC(C)C(C)N(C)CC1(N)CCC1. The van der Waals surface area contributed by atoms with E-state index in [2.05, 4.69) is 32.7 Å². The molecule has 1 rings (SSSR count). The van der Waals surface area contributed by atoms with E-state index in [-0.39, 0.29) is 5.54 Å². The summed E-state index contributed by atoms with van der Waals surface area (Å²) >= 11 is 0. The molecule has 78 valence electrons. The Kier molecular flexibility index (Phi) is 3.36.